The average molecular weight is 275 g/mol. The molecule has 1 aromatic heterocycles. The highest BCUT2D eigenvalue weighted by Gasteiger charge is 2.12. The summed E-state index contributed by atoms with van der Waals surface area (Å²) in [6, 6.07) is 10.7. The maximum absolute atomic E-state index is 6.22. The quantitative estimate of drug-likeness (QED) is 0.893. The highest BCUT2D eigenvalue weighted by atomic mass is 35.5. The lowest BCUT2D eigenvalue weighted by atomic mass is 9.98. The summed E-state index contributed by atoms with van der Waals surface area (Å²) in [6.07, 6.45) is 4.61. The van der Waals surface area contributed by atoms with Gasteiger partial charge in [-0.25, -0.2) is 0 Å². The minimum Gasteiger partial charge on any atom is -0.310 e. The van der Waals surface area contributed by atoms with Gasteiger partial charge in [0.2, 0.25) is 0 Å². The van der Waals surface area contributed by atoms with Crippen LogP contribution in [0.5, 0.6) is 0 Å². The number of rotatable bonds is 5. The Morgan fingerprint density at radius 1 is 1.21 bits per heavy atom. The van der Waals surface area contributed by atoms with E-state index in [2.05, 4.69) is 47.6 Å². The molecule has 0 aliphatic rings. The Balaban J connectivity index is 2.21. The van der Waals surface area contributed by atoms with Gasteiger partial charge < -0.3 is 5.32 Å². The second kappa shape index (κ2) is 6.69. The van der Waals surface area contributed by atoms with Crippen LogP contribution in [-0.4, -0.2) is 11.5 Å². The Morgan fingerprint density at radius 3 is 2.58 bits per heavy atom. The first kappa shape index (κ1) is 14.0. The maximum Gasteiger partial charge on any atom is 0.0438 e. The van der Waals surface area contributed by atoms with Crippen LogP contribution < -0.4 is 5.32 Å². The molecule has 1 unspecified atom stereocenters. The molecule has 100 valence electrons. The summed E-state index contributed by atoms with van der Waals surface area (Å²) in [5, 5.41) is 4.34. The van der Waals surface area contributed by atoms with Crippen LogP contribution in [-0.2, 0) is 6.42 Å². The number of likely N-dealkylation sites (N-methyl/N-ethyl adjacent to an activating group) is 1. The van der Waals surface area contributed by atoms with Crippen LogP contribution in [0.1, 0.15) is 29.7 Å². The van der Waals surface area contributed by atoms with Gasteiger partial charge in [0.15, 0.2) is 0 Å². The normalized spacial score (nSPS) is 12.4. The van der Waals surface area contributed by atoms with E-state index >= 15 is 0 Å². The van der Waals surface area contributed by atoms with Crippen LogP contribution in [0.3, 0.4) is 0 Å². The van der Waals surface area contributed by atoms with Gasteiger partial charge >= 0.3 is 0 Å². The topological polar surface area (TPSA) is 24.9 Å². The number of benzene rings is 1. The first-order valence-electron chi connectivity index (χ1n) is 6.59. The van der Waals surface area contributed by atoms with E-state index in [9.17, 15) is 0 Å². The number of hydrogen-bond donors (Lipinski definition) is 1. The summed E-state index contributed by atoms with van der Waals surface area (Å²) in [7, 11) is 0. The van der Waals surface area contributed by atoms with Gasteiger partial charge in [-0.1, -0.05) is 30.7 Å². The number of halogens is 1. The van der Waals surface area contributed by atoms with Crippen molar-refractivity contribution < 1.29 is 0 Å². The average Bonchev–Trinajstić information content (AvgIpc) is 2.43. The van der Waals surface area contributed by atoms with Gasteiger partial charge in [-0.15, -0.1) is 0 Å². The highest BCUT2D eigenvalue weighted by Crippen LogP contribution is 2.23. The lowest BCUT2D eigenvalue weighted by Gasteiger charge is -2.19. The summed E-state index contributed by atoms with van der Waals surface area (Å²) >= 11 is 6.22. The number of aromatic nitrogens is 1. The molecule has 1 heterocycles. The Morgan fingerprint density at radius 2 is 1.95 bits per heavy atom. The number of pyridine rings is 1. The standard InChI is InChI=1S/C16H19ClN2/c1-3-19-16(10-13-6-8-18-9-7-13)14-5-4-12(2)15(17)11-14/h4-9,11,16,19H,3,10H2,1-2H3. The Hall–Kier alpha value is -1.38. The minimum absolute atomic E-state index is 0.283. The Labute approximate surface area is 119 Å². The highest BCUT2D eigenvalue weighted by molar-refractivity contribution is 6.31. The third-order valence-corrected chi connectivity index (χ3v) is 3.65. The van der Waals surface area contributed by atoms with Crippen LogP contribution in [0.4, 0.5) is 0 Å². The number of nitrogens with one attached hydrogen (secondary N) is 1. The molecule has 0 radical (unpaired) electrons. The van der Waals surface area contributed by atoms with Crippen LogP contribution in [0.2, 0.25) is 5.02 Å². The van der Waals surface area contributed by atoms with Gasteiger partial charge in [-0.3, -0.25) is 4.98 Å². The molecular weight excluding hydrogens is 256 g/mol. The molecule has 0 fully saturated rings. The van der Waals surface area contributed by atoms with Crippen molar-refractivity contribution in [3.05, 3.63) is 64.4 Å². The second-order valence-corrected chi connectivity index (χ2v) is 5.09. The van der Waals surface area contributed by atoms with Crippen molar-refractivity contribution in [2.75, 3.05) is 6.54 Å². The van der Waals surface area contributed by atoms with E-state index < -0.39 is 0 Å². The van der Waals surface area contributed by atoms with E-state index in [0.717, 1.165) is 23.6 Å². The molecule has 0 amide bonds. The molecule has 0 saturated heterocycles. The van der Waals surface area contributed by atoms with Gasteiger partial charge in [0.1, 0.15) is 0 Å². The summed E-state index contributed by atoms with van der Waals surface area (Å²) < 4.78 is 0. The molecule has 1 aromatic carbocycles. The first-order valence-corrected chi connectivity index (χ1v) is 6.97. The largest absolute Gasteiger partial charge is 0.310 e. The SMILES string of the molecule is CCNC(Cc1ccncc1)c1ccc(C)c(Cl)c1. The van der Waals surface area contributed by atoms with Gasteiger partial charge in [0.05, 0.1) is 0 Å². The van der Waals surface area contributed by atoms with Crippen molar-refractivity contribution in [1.82, 2.24) is 10.3 Å². The van der Waals surface area contributed by atoms with E-state index in [1.165, 1.54) is 11.1 Å². The van der Waals surface area contributed by atoms with Gasteiger partial charge in [0, 0.05) is 23.5 Å². The number of aryl methyl sites for hydroxylation is 1. The number of hydrogen-bond acceptors (Lipinski definition) is 2. The fraction of sp³-hybridized carbons (Fsp3) is 0.312. The van der Waals surface area contributed by atoms with Crippen molar-refractivity contribution in [3.63, 3.8) is 0 Å². The fourth-order valence-electron chi connectivity index (χ4n) is 2.13. The summed E-state index contributed by atoms with van der Waals surface area (Å²) in [6.45, 7) is 5.08. The van der Waals surface area contributed by atoms with E-state index in [4.69, 9.17) is 11.6 Å². The predicted octanol–water partition coefficient (Wildman–Crippen LogP) is 3.94. The third kappa shape index (κ3) is 3.79. The molecular formula is C16H19ClN2. The van der Waals surface area contributed by atoms with Crippen LogP contribution in [0.15, 0.2) is 42.7 Å². The minimum atomic E-state index is 0.283. The molecule has 1 N–H and O–H groups in total. The van der Waals surface area contributed by atoms with Crippen LogP contribution in [0.25, 0.3) is 0 Å². The molecule has 2 nitrogen and oxygen atoms in total. The molecule has 0 aliphatic carbocycles. The molecule has 0 aliphatic heterocycles. The lowest BCUT2D eigenvalue weighted by molar-refractivity contribution is 0.549. The molecule has 0 saturated carbocycles. The van der Waals surface area contributed by atoms with E-state index in [0.29, 0.717) is 0 Å². The second-order valence-electron chi connectivity index (χ2n) is 4.68. The fourth-order valence-corrected chi connectivity index (χ4v) is 2.32. The van der Waals surface area contributed by atoms with E-state index in [1.54, 1.807) is 0 Å². The molecule has 0 spiro atoms. The smallest absolute Gasteiger partial charge is 0.0438 e. The molecule has 2 rings (SSSR count). The molecule has 1 atom stereocenters. The lowest BCUT2D eigenvalue weighted by Crippen LogP contribution is -2.23. The van der Waals surface area contributed by atoms with Crippen LogP contribution in [0, 0.1) is 6.92 Å². The van der Waals surface area contributed by atoms with Gasteiger partial charge in [0.25, 0.3) is 0 Å². The Kier molecular flexibility index (Phi) is 4.94. The zero-order chi connectivity index (χ0) is 13.7. The monoisotopic (exact) mass is 274 g/mol. The van der Waals surface area contributed by atoms with Gasteiger partial charge in [-0.05, 0) is 54.8 Å². The van der Waals surface area contributed by atoms with Crippen LogP contribution >= 0.6 is 11.6 Å². The molecule has 0 bridgehead atoms. The zero-order valence-corrected chi connectivity index (χ0v) is 12.1. The maximum atomic E-state index is 6.22. The van der Waals surface area contributed by atoms with Crippen molar-refractivity contribution in [3.8, 4) is 0 Å². The number of nitrogens with zero attached hydrogens (tertiary/aromatic N) is 1. The first-order chi connectivity index (χ1) is 9.20. The summed E-state index contributed by atoms with van der Waals surface area (Å²) in [4.78, 5) is 4.06. The summed E-state index contributed by atoms with van der Waals surface area (Å²) in [5.41, 5.74) is 3.62. The third-order valence-electron chi connectivity index (χ3n) is 3.24. The molecule has 3 heteroatoms. The zero-order valence-electron chi connectivity index (χ0n) is 11.4. The van der Waals surface area contributed by atoms with Crippen molar-refractivity contribution in [2.24, 2.45) is 0 Å². The van der Waals surface area contributed by atoms with E-state index in [1.807, 2.05) is 19.3 Å². The predicted molar refractivity (Wildman–Crippen MR) is 80.5 cm³/mol. The van der Waals surface area contributed by atoms with E-state index in [-0.39, 0.29) is 6.04 Å². The van der Waals surface area contributed by atoms with Crippen molar-refractivity contribution in [1.29, 1.82) is 0 Å². The summed E-state index contributed by atoms with van der Waals surface area (Å²) in [5.74, 6) is 0. The Bertz CT molecular complexity index is 526. The van der Waals surface area contributed by atoms with Gasteiger partial charge in [-0.2, -0.15) is 0 Å². The van der Waals surface area contributed by atoms with Crippen molar-refractivity contribution in [2.45, 2.75) is 26.3 Å². The van der Waals surface area contributed by atoms with Crippen molar-refractivity contribution >= 4 is 11.6 Å². The molecule has 19 heavy (non-hydrogen) atoms. The molecule has 2 aromatic rings.